The molecule has 0 saturated carbocycles. The molecule has 1 fully saturated rings. The van der Waals surface area contributed by atoms with Gasteiger partial charge in [-0.2, -0.15) is 5.10 Å². The Morgan fingerprint density at radius 2 is 2.41 bits per heavy atom. The maximum atomic E-state index is 12.2. The average Bonchev–Trinajstić information content (AvgIpc) is 2.95. The van der Waals surface area contributed by atoms with Gasteiger partial charge in [-0.25, -0.2) is 4.79 Å². The van der Waals surface area contributed by atoms with E-state index in [1.807, 2.05) is 35.8 Å². The van der Waals surface area contributed by atoms with Gasteiger partial charge >= 0.3 is 6.03 Å². The molecule has 0 bridgehead atoms. The van der Waals surface area contributed by atoms with Crippen LogP contribution in [-0.4, -0.2) is 53.6 Å². The lowest BCUT2D eigenvalue weighted by molar-refractivity contribution is 0.0756. The van der Waals surface area contributed by atoms with Crippen LogP contribution in [0.15, 0.2) is 12.4 Å². The monoisotopic (exact) mass is 308 g/mol. The van der Waals surface area contributed by atoms with Crippen molar-refractivity contribution in [3.05, 3.63) is 18.0 Å². The molecule has 1 saturated heterocycles. The largest absolute Gasteiger partial charge is 0.381 e. The number of hydrogen-bond donors (Lipinski definition) is 1. The molecule has 2 amide bonds. The Morgan fingerprint density at radius 1 is 1.55 bits per heavy atom. The Morgan fingerprint density at radius 3 is 3.14 bits per heavy atom. The van der Waals surface area contributed by atoms with Gasteiger partial charge in [0.25, 0.3) is 0 Å². The lowest BCUT2D eigenvalue weighted by atomic mass is 9.99. The van der Waals surface area contributed by atoms with Crippen molar-refractivity contribution in [1.29, 1.82) is 0 Å². The summed E-state index contributed by atoms with van der Waals surface area (Å²) in [6.07, 6.45) is 6.98. The SMILES string of the molecule is CCOC[C@@H]1CCCN(C(=O)NCCCn2cc(C)cn2)C1. The Labute approximate surface area is 132 Å². The average molecular weight is 308 g/mol. The van der Waals surface area contributed by atoms with Gasteiger partial charge < -0.3 is 15.0 Å². The lowest BCUT2D eigenvalue weighted by Crippen LogP contribution is -2.46. The van der Waals surface area contributed by atoms with Crippen molar-refractivity contribution < 1.29 is 9.53 Å². The third-order valence-corrected chi connectivity index (χ3v) is 3.97. The van der Waals surface area contributed by atoms with Crippen molar-refractivity contribution in [3.8, 4) is 0 Å². The second-order valence-corrected chi connectivity index (χ2v) is 5.98. The number of hydrogen-bond acceptors (Lipinski definition) is 3. The maximum Gasteiger partial charge on any atom is 0.317 e. The van der Waals surface area contributed by atoms with E-state index in [4.69, 9.17) is 4.74 Å². The second-order valence-electron chi connectivity index (χ2n) is 5.98. The molecule has 6 heteroatoms. The minimum atomic E-state index is 0.0536. The Bertz CT molecular complexity index is 461. The highest BCUT2D eigenvalue weighted by molar-refractivity contribution is 5.74. The molecular formula is C16H28N4O2. The van der Waals surface area contributed by atoms with Gasteiger partial charge in [0.15, 0.2) is 0 Å². The quantitative estimate of drug-likeness (QED) is 0.784. The number of urea groups is 1. The van der Waals surface area contributed by atoms with Crippen LogP contribution in [0.3, 0.4) is 0 Å². The summed E-state index contributed by atoms with van der Waals surface area (Å²) >= 11 is 0. The molecular weight excluding hydrogens is 280 g/mol. The van der Waals surface area contributed by atoms with E-state index in [2.05, 4.69) is 10.4 Å². The van der Waals surface area contributed by atoms with E-state index in [0.717, 1.165) is 57.7 Å². The molecule has 1 aliphatic heterocycles. The number of piperidine rings is 1. The fraction of sp³-hybridized carbons (Fsp3) is 0.750. The summed E-state index contributed by atoms with van der Waals surface area (Å²) in [5.74, 6) is 0.478. The Kier molecular flexibility index (Phi) is 6.71. The van der Waals surface area contributed by atoms with Crippen LogP contribution in [0.1, 0.15) is 31.7 Å². The summed E-state index contributed by atoms with van der Waals surface area (Å²) in [6, 6.07) is 0.0536. The van der Waals surface area contributed by atoms with E-state index in [0.29, 0.717) is 12.5 Å². The van der Waals surface area contributed by atoms with Gasteiger partial charge in [-0.3, -0.25) is 4.68 Å². The van der Waals surface area contributed by atoms with Crippen LogP contribution < -0.4 is 5.32 Å². The molecule has 0 unspecified atom stereocenters. The molecule has 1 atom stereocenters. The molecule has 2 heterocycles. The van der Waals surface area contributed by atoms with Crippen molar-refractivity contribution >= 4 is 6.03 Å². The Hall–Kier alpha value is -1.56. The zero-order valence-corrected chi connectivity index (χ0v) is 13.8. The highest BCUT2D eigenvalue weighted by Crippen LogP contribution is 2.16. The first kappa shape index (κ1) is 16.8. The smallest absolute Gasteiger partial charge is 0.317 e. The van der Waals surface area contributed by atoms with Gasteiger partial charge in [0, 0.05) is 44.9 Å². The van der Waals surface area contributed by atoms with Gasteiger partial charge in [-0.1, -0.05) is 0 Å². The molecule has 1 aliphatic rings. The normalized spacial score (nSPS) is 18.5. The summed E-state index contributed by atoms with van der Waals surface area (Å²) < 4.78 is 7.40. The first-order valence-electron chi connectivity index (χ1n) is 8.28. The third-order valence-electron chi connectivity index (χ3n) is 3.97. The first-order valence-corrected chi connectivity index (χ1v) is 8.28. The van der Waals surface area contributed by atoms with E-state index in [1.54, 1.807) is 0 Å². The van der Waals surface area contributed by atoms with Gasteiger partial charge in [0.2, 0.25) is 0 Å². The molecule has 1 N–H and O–H groups in total. The summed E-state index contributed by atoms with van der Waals surface area (Å²) in [4.78, 5) is 14.1. The molecule has 0 radical (unpaired) electrons. The number of ether oxygens (including phenoxy) is 1. The van der Waals surface area contributed by atoms with E-state index in [-0.39, 0.29) is 6.03 Å². The van der Waals surface area contributed by atoms with Crippen LogP contribution in [0, 0.1) is 12.8 Å². The van der Waals surface area contributed by atoms with Crippen molar-refractivity contribution in [1.82, 2.24) is 20.0 Å². The van der Waals surface area contributed by atoms with E-state index in [1.165, 1.54) is 0 Å². The van der Waals surface area contributed by atoms with Crippen LogP contribution in [0.5, 0.6) is 0 Å². The van der Waals surface area contributed by atoms with E-state index in [9.17, 15) is 4.79 Å². The van der Waals surface area contributed by atoms with Crippen LogP contribution in [0.2, 0.25) is 0 Å². The molecule has 1 aromatic rings. The van der Waals surface area contributed by atoms with Gasteiger partial charge in [0.05, 0.1) is 12.8 Å². The second kappa shape index (κ2) is 8.78. The van der Waals surface area contributed by atoms with Gasteiger partial charge in [0.1, 0.15) is 0 Å². The zero-order valence-electron chi connectivity index (χ0n) is 13.8. The minimum absolute atomic E-state index is 0.0536. The number of carbonyl (C=O) groups is 1. The lowest BCUT2D eigenvalue weighted by Gasteiger charge is -2.32. The highest BCUT2D eigenvalue weighted by Gasteiger charge is 2.23. The van der Waals surface area contributed by atoms with Crippen molar-refractivity contribution in [3.63, 3.8) is 0 Å². The number of carbonyl (C=O) groups excluding carboxylic acids is 1. The molecule has 2 rings (SSSR count). The predicted octanol–water partition coefficient (Wildman–Crippen LogP) is 2.04. The van der Waals surface area contributed by atoms with Gasteiger partial charge in [-0.05, 0) is 38.7 Å². The number of aromatic nitrogens is 2. The topological polar surface area (TPSA) is 59.4 Å². The highest BCUT2D eigenvalue weighted by atomic mass is 16.5. The van der Waals surface area contributed by atoms with Crippen LogP contribution in [0.25, 0.3) is 0 Å². The van der Waals surface area contributed by atoms with E-state index >= 15 is 0 Å². The maximum absolute atomic E-state index is 12.2. The predicted molar refractivity (Wildman–Crippen MR) is 85.8 cm³/mol. The number of nitrogens with one attached hydrogen (secondary N) is 1. The molecule has 0 aromatic carbocycles. The summed E-state index contributed by atoms with van der Waals surface area (Å²) in [5.41, 5.74) is 1.16. The summed E-state index contributed by atoms with van der Waals surface area (Å²) in [6.45, 7) is 8.73. The molecule has 124 valence electrons. The van der Waals surface area contributed by atoms with E-state index < -0.39 is 0 Å². The van der Waals surface area contributed by atoms with Crippen molar-refractivity contribution in [2.24, 2.45) is 5.92 Å². The first-order chi connectivity index (χ1) is 10.7. The molecule has 1 aromatic heterocycles. The molecule has 0 aliphatic carbocycles. The fourth-order valence-electron chi connectivity index (χ4n) is 2.81. The van der Waals surface area contributed by atoms with Crippen LogP contribution >= 0.6 is 0 Å². The van der Waals surface area contributed by atoms with Gasteiger partial charge in [-0.15, -0.1) is 0 Å². The number of aryl methyl sites for hydroxylation is 2. The minimum Gasteiger partial charge on any atom is -0.381 e. The summed E-state index contributed by atoms with van der Waals surface area (Å²) in [5, 5.41) is 7.25. The summed E-state index contributed by atoms with van der Waals surface area (Å²) in [7, 11) is 0. The number of nitrogens with zero attached hydrogens (tertiary/aromatic N) is 3. The number of amides is 2. The van der Waals surface area contributed by atoms with Crippen LogP contribution in [-0.2, 0) is 11.3 Å². The Balaban J connectivity index is 1.63. The number of rotatable bonds is 7. The zero-order chi connectivity index (χ0) is 15.8. The third kappa shape index (κ3) is 5.33. The van der Waals surface area contributed by atoms with Crippen molar-refractivity contribution in [2.75, 3.05) is 32.8 Å². The fourth-order valence-corrected chi connectivity index (χ4v) is 2.81. The van der Waals surface area contributed by atoms with Crippen molar-refractivity contribution in [2.45, 2.75) is 39.7 Å². The number of likely N-dealkylation sites (tertiary alicyclic amines) is 1. The standard InChI is InChI=1S/C16H28N4O2/c1-3-22-13-15-6-4-8-19(12-15)16(21)17-7-5-9-20-11-14(2)10-18-20/h10-11,15H,3-9,12-13H2,1-2H3,(H,17,21)/t15-/m1/s1. The molecule has 22 heavy (non-hydrogen) atoms. The molecule has 6 nitrogen and oxygen atoms in total. The molecule has 0 spiro atoms. The van der Waals surface area contributed by atoms with Crippen LogP contribution in [0.4, 0.5) is 4.79 Å².